The third-order valence-electron chi connectivity index (χ3n) is 5.20. The summed E-state index contributed by atoms with van der Waals surface area (Å²) in [6.07, 6.45) is 1.49. The van der Waals surface area contributed by atoms with Gasteiger partial charge in [0.05, 0.1) is 12.1 Å². The van der Waals surface area contributed by atoms with Crippen LogP contribution in [0.15, 0.2) is 70.4 Å². The summed E-state index contributed by atoms with van der Waals surface area (Å²) in [7, 11) is 0. The van der Waals surface area contributed by atoms with Crippen LogP contribution < -0.4 is 16.6 Å². The number of aryl methyl sites for hydroxylation is 2. The van der Waals surface area contributed by atoms with Crippen LogP contribution in [0, 0.1) is 13.8 Å². The van der Waals surface area contributed by atoms with Crippen molar-refractivity contribution in [2.75, 3.05) is 5.32 Å². The van der Waals surface area contributed by atoms with Gasteiger partial charge in [-0.15, -0.1) is 0 Å². The van der Waals surface area contributed by atoms with Crippen LogP contribution in [0.2, 0.25) is 5.02 Å². The second-order valence-corrected chi connectivity index (χ2v) is 8.06. The molecule has 2 heterocycles. The van der Waals surface area contributed by atoms with Crippen molar-refractivity contribution < 1.29 is 4.79 Å². The topological polar surface area (TPSA) is 86.0 Å². The zero-order valence-electron chi connectivity index (χ0n) is 17.6. The highest BCUT2D eigenvalue weighted by atomic mass is 35.5. The summed E-state index contributed by atoms with van der Waals surface area (Å²) < 4.78 is 2.36. The number of rotatable bonds is 5. The molecule has 4 aromatic rings. The van der Waals surface area contributed by atoms with E-state index in [1.165, 1.54) is 10.8 Å². The summed E-state index contributed by atoms with van der Waals surface area (Å²) in [5.74, 6) is -0.374. The minimum Gasteiger partial charge on any atom is -0.324 e. The molecule has 7 nitrogen and oxygen atoms in total. The van der Waals surface area contributed by atoms with Crippen molar-refractivity contribution in [1.29, 1.82) is 0 Å². The van der Waals surface area contributed by atoms with Gasteiger partial charge in [0.25, 0.3) is 5.56 Å². The first-order chi connectivity index (χ1) is 15.3. The average molecular weight is 449 g/mol. The van der Waals surface area contributed by atoms with Crippen LogP contribution in [0.25, 0.3) is 11.0 Å². The van der Waals surface area contributed by atoms with Crippen molar-refractivity contribution in [3.05, 3.63) is 103 Å². The number of aromatic nitrogens is 3. The maximum absolute atomic E-state index is 13.3. The molecule has 0 saturated carbocycles. The van der Waals surface area contributed by atoms with Crippen molar-refractivity contribution >= 4 is 34.2 Å². The van der Waals surface area contributed by atoms with Gasteiger partial charge in [-0.3, -0.25) is 18.7 Å². The lowest BCUT2D eigenvalue weighted by Crippen LogP contribution is -2.42. The Kier molecular flexibility index (Phi) is 5.92. The average Bonchev–Trinajstić information content (AvgIpc) is 2.77. The van der Waals surface area contributed by atoms with E-state index in [1.807, 2.05) is 32.0 Å². The van der Waals surface area contributed by atoms with Crippen LogP contribution in [0.1, 0.15) is 16.7 Å². The smallest absolute Gasteiger partial charge is 0.324 e. The molecule has 1 amide bonds. The number of carbonyl (C=O) groups excluding carboxylic acids is 1. The molecule has 0 aliphatic heterocycles. The highest BCUT2D eigenvalue weighted by Crippen LogP contribution is 2.16. The predicted octanol–water partition coefficient (Wildman–Crippen LogP) is 3.52. The summed E-state index contributed by atoms with van der Waals surface area (Å²) in [6.45, 7) is 3.66. The Labute approximate surface area is 188 Å². The van der Waals surface area contributed by atoms with Crippen LogP contribution in [-0.4, -0.2) is 20.0 Å². The van der Waals surface area contributed by atoms with Gasteiger partial charge in [-0.1, -0.05) is 41.4 Å². The second kappa shape index (κ2) is 8.80. The quantitative estimate of drug-likeness (QED) is 0.506. The standard InChI is InChI=1S/C24H21ClN4O3/c1-15-5-10-19(16(2)12-15)27-21(30)14-28-20-4-3-11-26-22(20)23(31)29(24(28)32)13-17-6-8-18(25)9-7-17/h3-12H,13-14H2,1-2H3,(H,27,30). The third kappa shape index (κ3) is 4.33. The molecule has 0 spiro atoms. The van der Waals surface area contributed by atoms with Gasteiger partial charge in [0.1, 0.15) is 6.54 Å². The molecule has 0 atom stereocenters. The Morgan fingerprint density at radius 3 is 2.50 bits per heavy atom. The zero-order chi connectivity index (χ0) is 22.8. The van der Waals surface area contributed by atoms with E-state index < -0.39 is 11.2 Å². The lowest BCUT2D eigenvalue weighted by atomic mass is 10.1. The molecular weight excluding hydrogens is 428 g/mol. The maximum Gasteiger partial charge on any atom is 0.332 e. The molecule has 0 unspecified atom stereocenters. The summed E-state index contributed by atoms with van der Waals surface area (Å²) in [5, 5.41) is 3.40. The minimum atomic E-state index is -0.582. The number of carbonyl (C=O) groups is 1. The van der Waals surface area contributed by atoms with Gasteiger partial charge in [0, 0.05) is 16.9 Å². The lowest BCUT2D eigenvalue weighted by molar-refractivity contribution is -0.116. The molecule has 0 bridgehead atoms. The van der Waals surface area contributed by atoms with Gasteiger partial charge in [0.15, 0.2) is 5.52 Å². The van der Waals surface area contributed by atoms with Gasteiger partial charge in [-0.2, -0.15) is 0 Å². The van der Waals surface area contributed by atoms with Gasteiger partial charge >= 0.3 is 5.69 Å². The Bertz CT molecular complexity index is 1440. The fourth-order valence-corrected chi connectivity index (χ4v) is 3.72. The minimum absolute atomic E-state index is 0.0417. The normalized spacial score (nSPS) is 11.0. The molecule has 0 saturated heterocycles. The fraction of sp³-hybridized carbons (Fsp3) is 0.167. The van der Waals surface area contributed by atoms with E-state index >= 15 is 0 Å². The second-order valence-electron chi connectivity index (χ2n) is 7.62. The first-order valence-electron chi connectivity index (χ1n) is 10.0. The van der Waals surface area contributed by atoms with Gasteiger partial charge in [-0.05, 0) is 55.3 Å². The molecule has 2 aromatic carbocycles. The van der Waals surface area contributed by atoms with Crippen LogP contribution in [0.3, 0.4) is 0 Å². The van der Waals surface area contributed by atoms with Crippen molar-refractivity contribution in [2.24, 2.45) is 0 Å². The van der Waals surface area contributed by atoms with E-state index in [4.69, 9.17) is 11.6 Å². The molecule has 0 aliphatic carbocycles. The summed E-state index contributed by atoms with van der Waals surface area (Å²) in [4.78, 5) is 43.2. The molecule has 1 N–H and O–H groups in total. The van der Waals surface area contributed by atoms with E-state index in [-0.39, 0.29) is 24.5 Å². The number of anilines is 1. The van der Waals surface area contributed by atoms with Crippen molar-refractivity contribution in [3.63, 3.8) is 0 Å². The molecular formula is C24H21ClN4O3. The van der Waals surface area contributed by atoms with Crippen LogP contribution in [-0.2, 0) is 17.9 Å². The predicted molar refractivity (Wildman–Crippen MR) is 125 cm³/mol. The SMILES string of the molecule is Cc1ccc(NC(=O)Cn2c(=O)n(Cc3ccc(Cl)cc3)c(=O)c3ncccc32)c(C)c1. The van der Waals surface area contributed by atoms with Crippen molar-refractivity contribution in [2.45, 2.75) is 26.9 Å². The molecule has 0 fully saturated rings. The van der Waals surface area contributed by atoms with Gasteiger partial charge in [0.2, 0.25) is 5.91 Å². The number of pyridine rings is 1. The zero-order valence-corrected chi connectivity index (χ0v) is 18.4. The molecule has 8 heteroatoms. The summed E-state index contributed by atoms with van der Waals surface area (Å²) >= 11 is 5.94. The molecule has 0 aliphatic rings. The number of hydrogen-bond acceptors (Lipinski definition) is 4. The molecule has 162 valence electrons. The number of amides is 1. The Balaban J connectivity index is 1.74. The first-order valence-corrected chi connectivity index (χ1v) is 10.4. The highest BCUT2D eigenvalue weighted by molar-refractivity contribution is 6.30. The molecule has 2 aromatic heterocycles. The number of halogens is 1. The maximum atomic E-state index is 13.3. The van der Waals surface area contributed by atoms with Crippen molar-refractivity contribution in [1.82, 2.24) is 14.1 Å². The number of benzene rings is 2. The highest BCUT2D eigenvalue weighted by Gasteiger charge is 2.17. The van der Waals surface area contributed by atoms with E-state index in [2.05, 4.69) is 10.3 Å². The molecule has 4 rings (SSSR count). The van der Waals surface area contributed by atoms with Crippen LogP contribution >= 0.6 is 11.6 Å². The number of hydrogen-bond donors (Lipinski definition) is 1. The number of nitrogens with one attached hydrogen (secondary N) is 1. The van der Waals surface area contributed by atoms with Crippen LogP contribution in [0.5, 0.6) is 0 Å². The Morgan fingerprint density at radius 2 is 1.78 bits per heavy atom. The monoisotopic (exact) mass is 448 g/mol. The van der Waals surface area contributed by atoms with Crippen LogP contribution in [0.4, 0.5) is 5.69 Å². The Hall–Kier alpha value is -3.71. The Morgan fingerprint density at radius 1 is 1.03 bits per heavy atom. The molecule has 32 heavy (non-hydrogen) atoms. The number of fused-ring (bicyclic) bond motifs is 1. The third-order valence-corrected chi connectivity index (χ3v) is 5.45. The van der Waals surface area contributed by atoms with E-state index in [0.717, 1.165) is 21.3 Å². The van der Waals surface area contributed by atoms with E-state index in [0.29, 0.717) is 16.2 Å². The molecule has 0 radical (unpaired) electrons. The largest absolute Gasteiger partial charge is 0.332 e. The summed E-state index contributed by atoms with van der Waals surface area (Å²) in [6, 6.07) is 15.8. The number of nitrogens with zero attached hydrogens (tertiary/aromatic N) is 3. The van der Waals surface area contributed by atoms with Gasteiger partial charge in [-0.25, -0.2) is 9.78 Å². The van der Waals surface area contributed by atoms with Gasteiger partial charge < -0.3 is 5.32 Å². The van der Waals surface area contributed by atoms with Crippen molar-refractivity contribution in [3.8, 4) is 0 Å². The van der Waals surface area contributed by atoms with E-state index in [1.54, 1.807) is 36.4 Å². The fourth-order valence-electron chi connectivity index (χ4n) is 3.59. The first kappa shape index (κ1) is 21.5. The summed E-state index contributed by atoms with van der Waals surface area (Å²) in [5.41, 5.74) is 2.76. The van der Waals surface area contributed by atoms with E-state index in [9.17, 15) is 14.4 Å². The lowest BCUT2D eigenvalue weighted by Gasteiger charge is -2.14.